The number of amides is 1. The van der Waals surface area contributed by atoms with Crippen molar-refractivity contribution in [3.05, 3.63) is 66.5 Å². The third-order valence-electron chi connectivity index (χ3n) is 6.44. The molecule has 0 radical (unpaired) electrons. The van der Waals surface area contributed by atoms with Crippen LogP contribution in [0.3, 0.4) is 0 Å². The SMILES string of the molecule is CN1CCN(S(=O)(=O)c2ccc(C3CC3C(=O)Nc3ccc4cnccc4c3)cc2)CC1. The number of carbonyl (C=O) groups excluding carboxylic acids is 1. The van der Waals surface area contributed by atoms with E-state index < -0.39 is 10.0 Å². The minimum Gasteiger partial charge on any atom is -0.326 e. The molecule has 0 spiro atoms. The van der Waals surface area contributed by atoms with Gasteiger partial charge in [0.2, 0.25) is 15.9 Å². The zero-order valence-electron chi connectivity index (χ0n) is 17.9. The Morgan fingerprint density at radius 2 is 1.75 bits per heavy atom. The van der Waals surface area contributed by atoms with E-state index in [-0.39, 0.29) is 17.7 Å². The van der Waals surface area contributed by atoms with Gasteiger partial charge < -0.3 is 10.2 Å². The Bertz CT molecular complexity index is 1250. The van der Waals surface area contributed by atoms with Crippen LogP contribution in [-0.2, 0) is 14.8 Å². The van der Waals surface area contributed by atoms with Crippen LogP contribution in [-0.4, -0.2) is 61.7 Å². The van der Waals surface area contributed by atoms with Crippen molar-refractivity contribution in [3.8, 4) is 0 Å². The van der Waals surface area contributed by atoms with Gasteiger partial charge in [0, 0.05) is 55.6 Å². The van der Waals surface area contributed by atoms with Gasteiger partial charge in [0.15, 0.2) is 0 Å². The summed E-state index contributed by atoms with van der Waals surface area (Å²) in [5.74, 6) is 0.0285. The normalized spacial score (nSPS) is 22.0. The van der Waals surface area contributed by atoms with Crippen LogP contribution >= 0.6 is 0 Å². The van der Waals surface area contributed by atoms with Gasteiger partial charge in [-0.15, -0.1) is 0 Å². The van der Waals surface area contributed by atoms with Gasteiger partial charge in [-0.1, -0.05) is 18.2 Å². The number of sulfonamides is 1. The van der Waals surface area contributed by atoms with Crippen LogP contribution < -0.4 is 5.32 Å². The summed E-state index contributed by atoms with van der Waals surface area (Å²) in [5, 5.41) is 5.07. The number of pyridine rings is 1. The number of nitrogens with one attached hydrogen (secondary N) is 1. The molecule has 2 atom stereocenters. The summed E-state index contributed by atoms with van der Waals surface area (Å²) in [7, 11) is -1.47. The molecule has 5 rings (SSSR count). The molecule has 2 heterocycles. The van der Waals surface area contributed by atoms with Crippen molar-refractivity contribution in [2.45, 2.75) is 17.2 Å². The number of benzene rings is 2. The van der Waals surface area contributed by atoms with Crippen LogP contribution in [0.25, 0.3) is 10.8 Å². The van der Waals surface area contributed by atoms with Gasteiger partial charge in [0.25, 0.3) is 0 Å². The molecule has 2 fully saturated rings. The fraction of sp³-hybridized carbons (Fsp3) is 0.333. The van der Waals surface area contributed by atoms with E-state index in [1.807, 2.05) is 43.4 Å². The number of hydrogen-bond acceptors (Lipinski definition) is 5. The van der Waals surface area contributed by atoms with Crippen molar-refractivity contribution in [2.24, 2.45) is 5.92 Å². The van der Waals surface area contributed by atoms with E-state index in [1.54, 1.807) is 28.8 Å². The molecule has 8 heteroatoms. The summed E-state index contributed by atoms with van der Waals surface area (Å²) in [6.07, 6.45) is 4.30. The van der Waals surface area contributed by atoms with Crippen molar-refractivity contribution in [2.75, 3.05) is 38.5 Å². The van der Waals surface area contributed by atoms with Crippen molar-refractivity contribution in [1.29, 1.82) is 0 Å². The Morgan fingerprint density at radius 1 is 1.00 bits per heavy atom. The van der Waals surface area contributed by atoms with Crippen LogP contribution in [0.1, 0.15) is 17.9 Å². The molecule has 32 heavy (non-hydrogen) atoms. The van der Waals surface area contributed by atoms with Crippen LogP contribution in [0.2, 0.25) is 0 Å². The standard InChI is InChI=1S/C24H26N4O3S/c1-27-10-12-28(13-11-27)32(30,31)21-6-3-17(4-7-21)22-15-23(22)24(29)26-20-5-2-19-16-25-9-8-18(19)14-20/h2-9,14,16,22-23H,10-13,15H2,1H3,(H,26,29). The summed E-state index contributed by atoms with van der Waals surface area (Å²) in [6, 6.07) is 14.8. The molecule has 2 aromatic carbocycles. The van der Waals surface area contributed by atoms with Crippen LogP contribution in [0.5, 0.6) is 0 Å². The predicted octanol–water partition coefficient (Wildman–Crippen LogP) is 2.91. The molecular weight excluding hydrogens is 424 g/mol. The first-order chi connectivity index (χ1) is 15.4. The molecule has 2 unspecified atom stereocenters. The molecule has 7 nitrogen and oxygen atoms in total. The largest absolute Gasteiger partial charge is 0.326 e. The zero-order valence-corrected chi connectivity index (χ0v) is 18.8. The fourth-order valence-corrected chi connectivity index (χ4v) is 5.74. The molecule has 2 aliphatic rings. The smallest absolute Gasteiger partial charge is 0.243 e. The molecule has 1 N–H and O–H groups in total. The van der Waals surface area contributed by atoms with Gasteiger partial charge in [0.1, 0.15) is 0 Å². The topological polar surface area (TPSA) is 82.6 Å². The summed E-state index contributed by atoms with van der Waals surface area (Å²) < 4.78 is 27.3. The lowest BCUT2D eigenvalue weighted by molar-refractivity contribution is -0.117. The lowest BCUT2D eigenvalue weighted by Crippen LogP contribution is -2.46. The van der Waals surface area contributed by atoms with Gasteiger partial charge in [-0.05, 0) is 60.7 Å². The number of aromatic nitrogens is 1. The first kappa shape index (κ1) is 21.1. The maximum Gasteiger partial charge on any atom is 0.243 e. The summed E-state index contributed by atoms with van der Waals surface area (Å²) in [6.45, 7) is 2.50. The number of piperazine rings is 1. The molecule has 0 bridgehead atoms. The molecule has 166 valence electrons. The lowest BCUT2D eigenvalue weighted by atomic mass is 10.1. The number of rotatable bonds is 5. The number of carbonyl (C=O) groups is 1. The maximum absolute atomic E-state index is 12.9. The minimum absolute atomic E-state index is 0.00228. The Balaban J connectivity index is 1.23. The van der Waals surface area contributed by atoms with Gasteiger partial charge in [-0.25, -0.2) is 8.42 Å². The highest BCUT2D eigenvalue weighted by atomic mass is 32.2. The maximum atomic E-state index is 12.9. The molecule has 1 aromatic heterocycles. The third kappa shape index (κ3) is 4.13. The fourth-order valence-electron chi connectivity index (χ4n) is 4.31. The molecule has 1 aliphatic heterocycles. The number of fused-ring (bicyclic) bond motifs is 1. The highest BCUT2D eigenvalue weighted by Gasteiger charge is 2.44. The lowest BCUT2D eigenvalue weighted by Gasteiger charge is -2.31. The van der Waals surface area contributed by atoms with E-state index in [2.05, 4.69) is 15.2 Å². The van der Waals surface area contributed by atoms with Crippen LogP contribution in [0.4, 0.5) is 5.69 Å². The molecule has 1 amide bonds. The molecular formula is C24H26N4O3S. The molecule has 3 aromatic rings. The number of anilines is 1. The van der Waals surface area contributed by atoms with Gasteiger partial charge in [0.05, 0.1) is 4.90 Å². The Labute approximate surface area is 188 Å². The first-order valence-corrected chi connectivity index (χ1v) is 12.3. The first-order valence-electron chi connectivity index (χ1n) is 10.8. The molecule has 1 saturated heterocycles. The second-order valence-electron chi connectivity index (χ2n) is 8.65. The Hall–Kier alpha value is -2.81. The van der Waals surface area contributed by atoms with E-state index in [4.69, 9.17) is 0 Å². The number of nitrogens with zero attached hydrogens (tertiary/aromatic N) is 3. The van der Waals surface area contributed by atoms with E-state index in [1.165, 1.54) is 0 Å². The Morgan fingerprint density at radius 3 is 2.50 bits per heavy atom. The number of hydrogen-bond donors (Lipinski definition) is 1. The second kappa shape index (κ2) is 8.27. The van der Waals surface area contributed by atoms with E-state index in [0.29, 0.717) is 18.0 Å². The highest BCUT2D eigenvalue weighted by molar-refractivity contribution is 7.89. The Kier molecular flexibility index (Phi) is 5.44. The van der Waals surface area contributed by atoms with Crippen molar-refractivity contribution in [1.82, 2.24) is 14.2 Å². The van der Waals surface area contributed by atoms with Gasteiger partial charge in [-0.2, -0.15) is 4.31 Å². The van der Waals surface area contributed by atoms with E-state index in [9.17, 15) is 13.2 Å². The average molecular weight is 451 g/mol. The number of likely N-dealkylation sites (N-methyl/N-ethyl adjacent to an activating group) is 1. The van der Waals surface area contributed by atoms with E-state index >= 15 is 0 Å². The quantitative estimate of drug-likeness (QED) is 0.646. The van der Waals surface area contributed by atoms with E-state index in [0.717, 1.165) is 41.5 Å². The third-order valence-corrected chi connectivity index (χ3v) is 8.36. The summed E-state index contributed by atoms with van der Waals surface area (Å²) in [4.78, 5) is 19.3. The highest BCUT2D eigenvalue weighted by Crippen LogP contribution is 2.48. The average Bonchev–Trinajstić information content (AvgIpc) is 3.61. The van der Waals surface area contributed by atoms with Crippen molar-refractivity contribution in [3.63, 3.8) is 0 Å². The summed E-state index contributed by atoms with van der Waals surface area (Å²) in [5.41, 5.74) is 1.78. The van der Waals surface area contributed by atoms with Crippen LogP contribution in [0.15, 0.2) is 65.8 Å². The van der Waals surface area contributed by atoms with Crippen molar-refractivity contribution >= 4 is 32.4 Å². The second-order valence-corrected chi connectivity index (χ2v) is 10.6. The summed E-state index contributed by atoms with van der Waals surface area (Å²) >= 11 is 0. The molecule has 1 saturated carbocycles. The van der Waals surface area contributed by atoms with Gasteiger partial charge >= 0.3 is 0 Å². The minimum atomic E-state index is -3.47. The van der Waals surface area contributed by atoms with Crippen molar-refractivity contribution < 1.29 is 13.2 Å². The van der Waals surface area contributed by atoms with Crippen LogP contribution in [0, 0.1) is 5.92 Å². The predicted molar refractivity (Wildman–Crippen MR) is 124 cm³/mol. The zero-order chi connectivity index (χ0) is 22.3. The van der Waals surface area contributed by atoms with Gasteiger partial charge in [-0.3, -0.25) is 9.78 Å². The molecule has 1 aliphatic carbocycles. The monoisotopic (exact) mass is 450 g/mol.